The zero-order valence-corrected chi connectivity index (χ0v) is 31.6. The molecule has 0 bridgehead atoms. The van der Waals surface area contributed by atoms with Gasteiger partial charge in [0.05, 0.1) is 64.2 Å². The number of aromatic nitrogens is 8. The Kier molecular flexibility index (Phi) is 11.0. The Morgan fingerprint density at radius 3 is 1.73 bits per heavy atom. The molecule has 4 heterocycles. The Morgan fingerprint density at radius 1 is 0.804 bits per heavy atom. The highest BCUT2D eigenvalue weighted by Gasteiger charge is 2.17. The normalized spacial score (nSPS) is 14.7. The van der Waals surface area contributed by atoms with Crippen LogP contribution in [0.15, 0.2) is 73.1 Å². The molecule has 0 aliphatic carbocycles. The van der Waals surface area contributed by atoms with E-state index < -0.39 is 43.0 Å². The number of carbonyl (C=O) groups excluding carboxylic acids is 3. The molecule has 18 heteroatoms. The molecule has 0 saturated carbocycles. The van der Waals surface area contributed by atoms with Crippen LogP contribution in [0.4, 0.5) is 0 Å². The summed E-state index contributed by atoms with van der Waals surface area (Å²) in [6.07, 6.45) is 0.952. The highest BCUT2D eigenvalue weighted by Crippen LogP contribution is 2.25. The van der Waals surface area contributed by atoms with E-state index in [1.165, 1.54) is 52.2 Å². The maximum atomic E-state index is 12.4. The quantitative estimate of drug-likeness (QED) is 0.0976. The monoisotopic (exact) mass is 799 g/mol. The lowest BCUT2D eigenvalue weighted by molar-refractivity contribution is 0.0922. The summed E-state index contributed by atoms with van der Waals surface area (Å²) in [5.41, 5.74) is 2.92. The number of aromatic amines is 2. The minimum Gasteiger partial charge on any atom is -0.387 e. The Bertz CT molecular complexity index is 2690. The van der Waals surface area contributed by atoms with Crippen LogP contribution in [-0.4, -0.2) is 74.7 Å². The maximum Gasteiger partial charge on any atom is 0.272 e. The van der Waals surface area contributed by atoms with Crippen molar-refractivity contribution < 1.29 is 26.3 Å². The van der Waals surface area contributed by atoms with Gasteiger partial charge in [-0.3, -0.25) is 33.9 Å². The van der Waals surface area contributed by atoms with Gasteiger partial charge in [-0.1, -0.05) is 35.3 Å². The van der Waals surface area contributed by atoms with Crippen molar-refractivity contribution in [2.24, 2.45) is 0 Å². The summed E-state index contributed by atoms with van der Waals surface area (Å²) in [5.74, 6) is -1.56. The molecule has 6 aromatic rings. The molecular formula is C38H36Cl2N12O4. The highest BCUT2D eigenvalue weighted by atomic mass is 35.5. The number of nitriles is 2. The van der Waals surface area contributed by atoms with E-state index in [4.69, 9.17) is 40.6 Å². The standard InChI is InChI=1S/C19H19ClN6O2.C19H17ClN6O2/c2*1-11(22-19(28)18-8-17(12(2)27)23-24-18)10-26-6-5-16(25-26)13-3-4-14(9-21)15(20)7-13/h3-8,11-12,27H,10H2,1-2H3,(H,22,28)(H,23,24);3-8,11H,10H2,1-2H3,(H,22,28)(H,23,24)/t11-,12?;11-/m00/s1/i10D2,12D;10D2. The molecule has 2 amide bonds. The fourth-order valence-electron chi connectivity index (χ4n) is 4.88. The first-order valence-corrected chi connectivity index (χ1v) is 17.3. The summed E-state index contributed by atoms with van der Waals surface area (Å²) >= 11 is 12.1. The van der Waals surface area contributed by atoms with Gasteiger partial charge in [-0.2, -0.15) is 30.9 Å². The topological polar surface area (TPSA) is 236 Å². The number of Topliss-reactive ketones (excluding diaryl/α,β-unsaturated/α-hetero) is 1. The first kappa shape index (κ1) is 33.9. The fraction of sp³-hybridized carbons (Fsp3) is 0.237. The van der Waals surface area contributed by atoms with Gasteiger partial charge in [-0.15, -0.1) is 0 Å². The number of carbonyl (C=O) groups is 3. The van der Waals surface area contributed by atoms with E-state index in [-0.39, 0.29) is 38.6 Å². The Morgan fingerprint density at radius 2 is 1.30 bits per heavy atom. The SMILES string of the molecule is [2H]C(C)(O)c1cc(C(=O)N[C@@H](C)C([2H])([2H])n2ccc(-c3ccc(C#N)c(Cl)c3)n2)n[nH]1.[2H]C([2H])([C@H](C)NC(=O)c1cc(C(C)=O)n[nH]1)n1ccc(-c2ccc(C#N)c(Cl)c2)n1. The molecule has 0 aliphatic heterocycles. The number of amides is 2. The second-order valence-electron chi connectivity index (χ2n) is 12.0. The predicted octanol–water partition coefficient (Wildman–Crippen LogP) is 5.49. The van der Waals surface area contributed by atoms with E-state index in [1.807, 2.05) is 12.1 Å². The van der Waals surface area contributed by atoms with Crippen molar-refractivity contribution in [2.75, 3.05) is 0 Å². The van der Waals surface area contributed by atoms with E-state index in [0.29, 0.717) is 33.6 Å². The molecule has 0 saturated heterocycles. The molecule has 0 radical (unpaired) electrons. The van der Waals surface area contributed by atoms with Crippen molar-refractivity contribution in [1.82, 2.24) is 50.6 Å². The van der Waals surface area contributed by atoms with Gasteiger partial charge in [-0.25, -0.2) is 0 Å². The molecule has 286 valence electrons. The third-order valence-electron chi connectivity index (χ3n) is 7.68. The van der Waals surface area contributed by atoms with E-state index in [2.05, 4.69) is 41.2 Å². The maximum absolute atomic E-state index is 12.4. The van der Waals surface area contributed by atoms with Crippen LogP contribution in [0, 0.1) is 22.7 Å². The Labute approximate surface area is 338 Å². The molecule has 1 unspecified atom stereocenters. The lowest BCUT2D eigenvalue weighted by Gasteiger charge is -2.13. The third-order valence-corrected chi connectivity index (χ3v) is 8.30. The van der Waals surface area contributed by atoms with Gasteiger partial charge in [0.1, 0.15) is 29.2 Å². The highest BCUT2D eigenvalue weighted by molar-refractivity contribution is 6.32. The second kappa shape index (κ2) is 18.2. The molecule has 3 atom stereocenters. The zero-order valence-electron chi connectivity index (χ0n) is 35.1. The molecule has 56 heavy (non-hydrogen) atoms. The Hall–Kier alpha value is -6.59. The number of H-pyrrole nitrogens is 2. The molecule has 0 aliphatic rings. The minimum absolute atomic E-state index is 0.0334. The van der Waals surface area contributed by atoms with Crippen molar-refractivity contribution in [2.45, 2.75) is 58.9 Å². The third kappa shape index (κ3) is 10.3. The average Bonchev–Trinajstić information content (AvgIpc) is 4.04. The van der Waals surface area contributed by atoms with Crippen LogP contribution in [0.1, 0.15) is 88.9 Å². The molecule has 4 aromatic heterocycles. The molecule has 0 spiro atoms. The number of halogens is 2. The molecule has 6 rings (SSSR count). The summed E-state index contributed by atoms with van der Waals surface area (Å²) < 4.78 is 43.3. The van der Waals surface area contributed by atoms with Crippen LogP contribution in [0.25, 0.3) is 22.5 Å². The lowest BCUT2D eigenvalue weighted by Crippen LogP contribution is -2.36. The number of hydrogen-bond donors (Lipinski definition) is 5. The van der Waals surface area contributed by atoms with Crippen LogP contribution < -0.4 is 10.6 Å². The van der Waals surface area contributed by atoms with E-state index in [1.54, 1.807) is 48.5 Å². The zero-order chi connectivity index (χ0) is 45.0. The predicted molar refractivity (Wildman–Crippen MR) is 206 cm³/mol. The van der Waals surface area contributed by atoms with E-state index >= 15 is 0 Å². The van der Waals surface area contributed by atoms with Gasteiger partial charge < -0.3 is 15.7 Å². The van der Waals surface area contributed by atoms with Crippen LogP contribution in [0.5, 0.6) is 0 Å². The minimum atomic E-state index is -2.09. The smallest absolute Gasteiger partial charge is 0.272 e. The van der Waals surface area contributed by atoms with Gasteiger partial charge in [0.2, 0.25) is 0 Å². The number of ketones is 1. The summed E-state index contributed by atoms with van der Waals surface area (Å²) in [7, 11) is 0. The molecule has 16 nitrogen and oxygen atoms in total. The number of nitrogens with zero attached hydrogens (tertiary/aromatic N) is 8. The van der Waals surface area contributed by atoms with Crippen molar-refractivity contribution in [3.05, 3.63) is 117 Å². The van der Waals surface area contributed by atoms with Gasteiger partial charge in [0.25, 0.3) is 11.8 Å². The molecule has 0 fully saturated rings. The number of benzene rings is 2. The number of rotatable bonds is 12. The van der Waals surface area contributed by atoms with Crippen molar-refractivity contribution >= 4 is 40.8 Å². The van der Waals surface area contributed by atoms with Crippen LogP contribution in [0.2, 0.25) is 10.0 Å². The van der Waals surface area contributed by atoms with Crippen LogP contribution >= 0.6 is 23.2 Å². The summed E-state index contributed by atoms with van der Waals surface area (Å²) in [5, 5.41) is 54.1. The largest absolute Gasteiger partial charge is 0.387 e. The van der Waals surface area contributed by atoms with Crippen molar-refractivity contribution in [3.8, 4) is 34.7 Å². The second-order valence-corrected chi connectivity index (χ2v) is 12.8. The first-order chi connectivity index (χ1) is 28.6. The van der Waals surface area contributed by atoms with E-state index in [9.17, 15) is 19.5 Å². The van der Waals surface area contributed by atoms with Gasteiger partial charge >= 0.3 is 0 Å². The van der Waals surface area contributed by atoms with Gasteiger partial charge in [0.15, 0.2) is 5.78 Å². The first-order valence-electron chi connectivity index (χ1n) is 19.1. The number of hydrogen-bond acceptors (Lipinski definition) is 10. The van der Waals surface area contributed by atoms with Crippen molar-refractivity contribution in [3.63, 3.8) is 0 Å². The molecular weight excluding hydrogens is 759 g/mol. The van der Waals surface area contributed by atoms with Crippen molar-refractivity contribution in [1.29, 1.82) is 10.5 Å². The Balaban J connectivity index is 0.000000231. The van der Waals surface area contributed by atoms with Gasteiger partial charge in [-0.05, 0) is 69.3 Å². The number of aliphatic hydroxyl groups is 1. The molecule has 2 aromatic carbocycles. The summed E-state index contributed by atoms with van der Waals surface area (Å²) in [6.45, 7) is 1.37. The summed E-state index contributed by atoms with van der Waals surface area (Å²) in [6, 6.07) is 17.3. The molecule has 5 N–H and O–H groups in total. The fourth-order valence-corrected chi connectivity index (χ4v) is 5.32. The van der Waals surface area contributed by atoms with Gasteiger partial charge in [0, 0.05) is 42.5 Å². The number of nitrogens with one attached hydrogen (secondary N) is 4. The lowest BCUT2D eigenvalue weighted by atomic mass is 10.1. The summed E-state index contributed by atoms with van der Waals surface area (Å²) in [4.78, 5) is 36.1. The van der Waals surface area contributed by atoms with E-state index in [0.717, 1.165) is 9.36 Å². The van der Waals surface area contributed by atoms with Crippen LogP contribution in [0.3, 0.4) is 0 Å². The van der Waals surface area contributed by atoms with Crippen LogP contribution in [-0.2, 0) is 13.0 Å². The average molecular weight is 801 g/mol.